The molecule has 2 aromatic heterocycles. The van der Waals surface area contributed by atoms with E-state index in [0.29, 0.717) is 10.3 Å². The number of aliphatic hydroxyl groups excluding tert-OH is 2. The van der Waals surface area contributed by atoms with Crippen LogP contribution in [0.25, 0.3) is 6.08 Å². The second kappa shape index (κ2) is 8.97. The molecule has 20 heavy (non-hydrogen) atoms. The topological polar surface area (TPSA) is 66.2 Å². The van der Waals surface area contributed by atoms with Crippen LogP contribution in [0.1, 0.15) is 17.5 Å². The zero-order chi connectivity index (χ0) is 15.0. The molecule has 106 valence electrons. The summed E-state index contributed by atoms with van der Waals surface area (Å²) in [5.41, 5.74) is 1.37. The van der Waals surface area contributed by atoms with Crippen molar-refractivity contribution >= 4 is 37.9 Å². The summed E-state index contributed by atoms with van der Waals surface area (Å²) >= 11 is 6.40. The molecule has 0 radical (unpaired) electrons. The van der Waals surface area contributed by atoms with Crippen molar-refractivity contribution in [1.29, 1.82) is 0 Å². The molecule has 2 aromatic rings. The maximum Gasteiger partial charge on any atom is 0.119 e. The largest absolute Gasteiger partial charge is 0.393 e. The Hall–Kier alpha value is -1.08. The highest BCUT2D eigenvalue weighted by atomic mass is 79.9. The molecule has 0 aliphatic carbocycles. The third kappa shape index (κ3) is 5.92. The van der Waals surface area contributed by atoms with Gasteiger partial charge >= 0.3 is 0 Å². The van der Waals surface area contributed by atoms with Crippen molar-refractivity contribution in [2.75, 3.05) is 6.61 Å². The Kier molecular flexibility index (Phi) is 7.61. The highest BCUT2D eigenvalue weighted by molar-refractivity contribution is 9.10. The summed E-state index contributed by atoms with van der Waals surface area (Å²) in [7, 11) is 0. The monoisotopic (exact) mass is 400 g/mol. The van der Waals surface area contributed by atoms with Crippen LogP contribution in [0.5, 0.6) is 0 Å². The molecule has 0 aliphatic rings. The molecule has 2 N–H and O–H groups in total. The summed E-state index contributed by atoms with van der Waals surface area (Å²) in [6, 6.07) is 10.9. The molecule has 6 heteroatoms. The van der Waals surface area contributed by atoms with E-state index in [9.17, 15) is 0 Å². The summed E-state index contributed by atoms with van der Waals surface area (Å²) in [5, 5.41) is 17.7. The minimum absolute atomic E-state index is 0.302. The second-order valence-electron chi connectivity index (χ2n) is 3.67. The van der Waals surface area contributed by atoms with Crippen LogP contribution in [-0.4, -0.2) is 26.8 Å². The third-order valence-corrected chi connectivity index (χ3v) is 3.08. The van der Waals surface area contributed by atoms with Gasteiger partial charge in [-0.3, -0.25) is 0 Å². The Balaban J connectivity index is 0.000000204. The van der Waals surface area contributed by atoms with Crippen LogP contribution in [0.15, 0.2) is 52.2 Å². The van der Waals surface area contributed by atoms with E-state index >= 15 is 0 Å². The minimum atomic E-state index is -0.882. The van der Waals surface area contributed by atoms with Gasteiger partial charge in [-0.25, -0.2) is 9.97 Å². The number of nitrogens with zero attached hydrogens (tertiary/aromatic N) is 2. The quantitative estimate of drug-likeness (QED) is 0.774. The lowest BCUT2D eigenvalue weighted by molar-refractivity contribution is 0.0921. The summed E-state index contributed by atoms with van der Waals surface area (Å²) in [5.74, 6) is 0. The first kappa shape index (κ1) is 17.0. The van der Waals surface area contributed by atoms with Crippen LogP contribution in [-0.2, 0) is 0 Å². The van der Waals surface area contributed by atoms with Gasteiger partial charge in [0, 0.05) is 0 Å². The van der Waals surface area contributed by atoms with Gasteiger partial charge in [0.15, 0.2) is 0 Å². The first-order valence-corrected chi connectivity index (χ1v) is 7.31. The number of rotatable bonds is 3. The molecule has 1 atom stereocenters. The first-order chi connectivity index (χ1) is 9.56. The van der Waals surface area contributed by atoms with Crippen molar-refractivity contribution < 1.29 is 10.2 Å². The number of aromatic nitrogens is 2. The van der Waals surface area contributed by atoms with Crippen LogP contribution in [0.2, 0.25) is 0 Å². The van der Waals surface area contributed by atoms with Crippen molar-refractivity contribution in [3.8, 4) is 0 Å². The van der Waals surface area contributed by atoms with Gasteiger partial charge in [0.25, 0.3) is 0 Å². The van der Waals surface area contributed by atoms with E-state index in [4.69, 9.17) is 10.2 Å². The minimum Gasteiger partial charge on any atom is -0.393 e. The maximum atomic E-state index is 9.12. The molecule has 0 saturated carbocycles. The molecule has 0 bridgehead atoms. The Labute approximate surface area is 134 Å². The molecule has 2 rings (SSSR count). The lowest BCUT2D eigenvalue weighted by atomic mass is 10.2. The van der Waals surface area contributed by atoms with Crippen LogP contribution in [0.3, 0.4) is 0 Å². The van der Waals surface area contributed by atoms with E-state index in [-0.39, 0.29) is 6.61 Å². The van der Waals surface area contributed by atoms with Gasteiger partial charge in [0.2, 0.25) is 0 Å². The molecule has 0 aromatic carbocycles. The highest BCUT2D eigenvalue weighted by Gasteiger charge is 2.06. The predicted octanol–water partition coefficient (Wildman–Crippen LogP) is 3.36. The van der Waals surface area contributed by atoms with Gasteiger partial charge in [-0.2, -0.15) is 0 Å². The Morgan fingerprint density at radius 2 is 1.70 bits per heavy atom. The fourth-order valence-corrected chi connectivity index (χ4v) is 1.96. The summed E-state index contributed by atoms with van der Waals surface area (Å²) in [6.07, 6.45) is 0.831. The summed E-state index contributed by atoms with van der Waals surface area (Å²) < 4.78 is 1.50. The van der Waals surface area contributed by atoms with Gasteiger partial charge in [-0.1, -0.05) is 18.7 Å². The molecular weight excluding hydrogens is 388 g/mol. The number of halogens is 2. The van der Waals surface area contributed by atoms with Crippen LogP contribution in [0.4, 0.5) is 0 Å². The van der Waals surface area contributed by atoms with E-state index in [1.54, 1.807) is 24.3 Å². The van der Waals surface area contributed by atoms with Crippen molar-refractivity contribution in [3.05, 3.63) is 63.6 Å². The van der Waals surface area contributed by atoms with Crippen LogP contribution in [0, 0.1) is 0 Å². The molecule has 0 fully saturated rings. The molecular formula is C14H14Br2N2O2. The molecule has 2 heterocycles. The molecule has 0 aliphatic heterocycles. The van der Waals surface area contributed by atoms with E-state index in [1.807, 2.05) is 18.2 Å². The average molecular weight is 402 g/mol. The fourth-order valence-electron chi connectivity index (χ4n) is 1.24. The SMILES string of the molecule is C=Cc1cccc(Br)n1.OC[C@@H](O)c1cccc(Br)n1. The zero-order valence-corrected chi connectivity index (χ0v) is 13.7. The molecule has 0 unspecified atom stereocenters. The highest BCUT2D eigenvalue weighted by Crippen LogP contribution is 2.12. The van der Waals surface area contributed by atoms with E-state index in [2.05, 4.69) is 48.4 Å². The number of aliphatic hydroxyl groups is 2. The first-order valence-electron chi connectivity index (χ1n) is 5.73. The van der Waals surface area contributed by atoms with Gasteiger partial charge in [0.05, 0.1) is 18.0 Å². The molecule has 0 spiro atoms. The molecule has 0 saturated heterocycles. The predicted molar refractivity (Wildman–Crippen MR) is 86.0 cm³/mol. The average Bonchev–Trinajstić information content (AvgIpc) is 2.47. The lowest BCUT2D eigenvalue weighted by Gasteiger charge is -2.05. The van der Waals surface area contributed by atoms with Crippen molar-refractivity contribution in [2.24, 2.45) is 0 Å². The standard InChI is InChI=1S/C7H8BrNO2.C7H6BrN/c8-7-3-1-2-5(9-7)6(11)4-10;1-2-6-4-3-5-7(8)9-6/h1-3,6,10-11H,4H2;2-5H,1H2/t6-;/m1./s1. The van der Waals surface area contributed by atoms with Crippen molar-refractivity contribution in [2.45, 2.75) is 6.10 Å². The van der Waals surface area contributed by atoms with Crippen LogP contribution >= 0.6 is 31.9 Å². The zero-order valence-electron chi connectivity index (χ0n) is 10.6. The smallest absolute Gasteiger partial charge is 0.119 e. The Morgan fingerprint density at radius 3 is 2.15 bits per heavy atom. The Morgan fingerprint density at radius 1 is 1.10 bits per heavy atom. The normalized spacial score (nSPS) is 11.2. The fraction of sp³-hybridized carbons (Fsp3) is 0.143. The summed E-state index contributed by atoms with van der Waals surface area (Å²) in [4.78, 5) is 8.04. The van der Waals surface area contributed by atoms with Crippen molar-refractivity contribution in [1.82, 2.24) is 9.97 Å². The van der Waals surface area contributed by atoms with Gasteiger partial charge < -0.3 is 10.2 Å². The number of hydrogen-bond donors (Lipinski definition) is 2. The van der Waals surface area contributed by atoms with Crippen LogP contribution < -0.4 is 0 Å². The van der Waals surface area contributed by atoms with E-state index < -0.39 is 6.10 Å². The van der Waals surface area contributed by atoms with Gasteiger partial charge in [0.1, 0.15) is 15.3 Å². The van der Waals surface area contributed by atoms with Gasteiger partial charge in [-0.05, 0) is 62.2 Å². The van der Waals surface area contributed by atoms with Gasteiger partial charge in [-0.15, -0.1) is 0 Å². The number of hydrogen-bond acceptors (Lipinski definition) is 4. The van der Waals surface area contributed by atoms with Crippen molar-refractivity contribution in [3.63, 3.8) is 0 Å². The van der Waals surface area contributed by atoms with E-state index in [0.717, 1.165) is 10.3 Å². The lowest BCUT2D eigenvalue weighted by Crippen LogP contribution is -2.04. The maximum absolute atomic E-state index is 9.12. The molecule has 4 nitrogen and oxygen atoms in total. The Bertz CT molecular complexity index is 564. The molecule has 0 amide bonds. The number of pyridine rings is 2. The third-order valence-electron chi connectivity index (χ3n) is 2.20. The van der Waals surface area contributed by atoms with E-state index in [1.165, 1.54) is 0 Å². The second-order valence-corrected chi connectivity index (χ2v) is 5.30. The summed E-state index contributed by atoms with van der Waals surface area (Å²) in [6.45, 7) is 3.29.